The van der Waals surface area contributed by atoms with Crippen LogP contribution in [0.2, 0.25) is 0 Å². The van der Waals surface area contributed by atoms with E-state index in [1.165, 1.54) is 0 Å². The maximum atomic E-state index is 9.03. The minimum absolute atomic E-state index is 0.299. The Morgan fingerprint density at radius 2 is 1.64 bits per heavy atom. The molecule has 1 N–H and O–H groups in total. The average molecular weight is 193 g/mol. The predicted molar refractivity (Wildman–Crippen MR) is 62.7 cm³/mol. The van der Waals surface area contributed by atoms with Crippen molar-refractivity contribution in [1.29, 1.82) is 0 Å². The molecule has 0 radical (unpaired) electrons. The third-order valence-corrected chi connectivity index (χ3v) is 1.63. The van der Waals surface area contributed by atoms with Crippen molar-refractivity contribution < 1.29 is 5.11 Å². The molecule has 0 atom stereocenters. The molecule has 0 amide bonds. The topological polar surface area (TPSA) is 23.5 Å². The minimum atomic E-state index is 0.299. The van der Waals surface area contributed by atoms with Crippen LogP contribution < -0.4 is 4.90 Å². The van der Waals surface area contributed by atoms with E-state index in [2.05, 4.69) is 0 Å². The highest BCUT2D eigenvalue weighted by Gasteiger charge is 1.94. The van der Waals surface area contributed by atoms with E-state index in [9.17, 15) is 0 Å². The van der Waals surface area contributed by atoms with E-state index in [0.717, 1.165) is 5.69 Å². The fourth-order valence-corrected chi connectivity index (χ4v) is 0.997. The zero-order valence-corrected chi connectivity index (χ0v) is 9.36. The Balaban J connectivity index is 0.000000791. The van der Waals surface area contributed by atoms with Gasteiger partial charge in [-0.3, -0.25) is 0 Å². The van der Waals surface area contributed by atoms with Gasteiger partial charge in [0.05, 0.1) is 0 Å². The van der Waals surface area contributed by atoms with E-state index in [4.69, 9.17) is 5.11 Å². The smallest absolute Gasteiger partial charge is 0.115 e. The molecule has 14 heavy (non-hydrogen) atoms. The van der Waals surface area contributed by atoms with Crippen molar-refractivity contribution in [3.63, 3.8) is 0 Å². The van der Waals surface area contributed by atoms with Gasteiger partial charge in [0, 0.05) is 12.7 Å². The van der Waals surface area contributed by atoms with Gasteiger partial charge in [0.1, 0.15) is 5.75 Å². The highest BCUT2D eigenvalue weighted by molar-refractivity contribution is 5.50. The fraction of sp³-hybridized carbons (Fsp3) is 0.333. The van der Waals surface area contributed by atoms with Gasteiger partial charge in [-0.2, -0.15) is 0 Å². The van der Waals surface area contributed by atoms with Gasteiger partial charge in [-0.05, 0) is 37.4 Å². The SMILES string of the molecule is C/C=C/N(C)c1ccc(O)cc1.CC. The molecule has 0 spiro atoms. The Kier molecular flexibility index (Phi) is 6.29. The first-order valence-corrected chi connectivity index (χ1v) is 4.88. The summed E-state index contributed by atoms with van der Waals surface area (Å²) >= 11 is 0. The molecule has 1 rings (SSSR count). The van der Waals surface area contributed by atoms with E-state index in [0.29, 0.717) is 5.75 Å². The first kappa shape index (κ1) is 12.6. The van der Waals surface area contributed by atoms with Gasteiger partial charge in [0.15, 0.2) is 0 Å². The number of phenolic OH excluding ortho intramolecular Hbond substituents is 1. The lowest BCUT2D eigenvalue weighted by Crippen LogP contribution is -2.06. The summed E-state index contributed by atoms with van der Waals surface area (Å²) in [5.74, 6) is 0.299. The molecule has 2 heteroatoms. The number of nitrogens with zero attached hydrogens (tertiary/aromatic N) is 1. The molecule has 0 aliphatic rings. The van der Waals surface area contributed by atoms with Crippen LogP contribution in [0.15, 0.2) is 36.5 Å². The Morgan fingerprint density at radius 3 is 2.07 bits per heavy atom. The number of aromatic hydroxyl groups is 1. The van der Waals surface area contributed by atoms with Crippen molar-refractivity contribution in [3.05, 3.63) is 36.5 Å². The molecule has 0 saturated heterocycles. The summed E-state index contributed by atoms with van der Waals surface area (Å²) in [6, 6.07) is 7.09. The standard InChI is InChI=1S/C10H13NO.C2H6/c1-3-8-11(2)9-4-6-10(12)7-5-9;1-2/h3-8,12H,1-2H3;1-2H3/b8-3+;. The number of allylic oxidation sites excluding steroid dienone is 1. The van der Waals surface area contributed by atoms with Crippen molar-refractivity contribution in [1.82, 2.24) is 0 Å². The normalized spacial score (nSPS) is 9.43. The van der Waals surface area contributed by atoms with Gasteiger partial charge in [0.25, 0.3) is 0 Å². The highest BCUT2D eigenvalue weighted by Crippen LogP contribution is 2.16. The molecule has 78 valence electrons. The lowest BCUT2D eigenvalue weighted by atomic mass is 10.3. The Morgan fingerprint density at radius 1 is 1.14 bits per heavy atom. The second-order valence-corrected chi connectivity index (χ2v) is 2.61. The number of hydrogen-bond acceptors (Lipinski definition) is 2. The summed E-state index contributed by atoms with van der Waals surface area (Å²) in [4.78, 5) is 1.99. The summed E-state index contributed by atoms with van der Waals surface area (Å²) in [7, 11) is 1.96. The Labute approximate surface area is 86.5 Å². The number of benzene rings is 1. The summed E-state index contributed by atoms with van der Waals surface area (Å²) in [6.07, 6.45) is 3.93. The molecular formula is C12H19NO. The van der Waals surface area contributed by atoms with E-state index >= 15 is 0 Å². The third kappa shape index (κ3) is 3.99. The first-order chi connectivity index (χ1) is 6.74. The summed E-state index contributed by atoms with van der Waals surface area (Å²) in [5, 5.41) is 9.03. The molecule has 0 aromatic heterocycles. The van der Waals surface area contributed by atoms with Gasteiger partial charge in [-0.15, -0.1) is 0 Å². The van der Waals surface area contributed by atoms with Crippen LogP contribution in [0, 0.1) is 0 Å². The maximum Gasteiger partial charge on any atom is 0.115 e. The average Bonchev–Trinajstić information content (AvgIpc) is 2.22. The number of phenols is 1. The molecular weight excluding hydrogens is 174 g/mol. The van der Waals surface area contributed by atoms with E-state index < -0.39 is 0 Å². The second kappa shape index (κ2) is 7.01. The third-order valence-electron chi connectivity index (χ3n) is 1.63. The van der Waals surface area contributed by atoms with E-state index in [1.807, 2.05) is 57.1 Å². The number of rotatable bonds is 2. The van der Waals surface area contributed by atoms with Crippen LogP contribution in [0.3, 0.4) is 0 Å². The lowest BCUT2D eigenvalue weighted by Gasteiger charge is -2.13. The first-order valence-electron chi connectivity index (χ1n) is 4.88. The zero-order valence-electron chi connectivity index (χ0n) is 9.36. The molecule has 1 aromatic rings. The van der Waals surface area contributed by atoms with Crippen molar-refractivity contribution in [2.45, 2.75) is 20.8 Å². The summed E-state index contributed by atoms with van der Waals surface area (Å²) < 4.78 is 0. The van der Waals surface area contributed by atoms with Crippen LogP contribution in [0.1, 0.15) is 20.8 Å². The molecule has 0 heterocycles. The Bertz CT molecular complexity index is 264. The van der Waals surface area contributed by atoms with E-state index in [-0.39, 0.29) is 0 Å². The van der Waals surface area contributed by atoms with Crippen LogP contribution in [0.25, 0.3) is 0 Å². The van der Waals surface area contributed by atoms with E-state index in [1.54, 1.807) is 12.1 Å². The molecule has 0 aliphatic heterocycles. The van der Waals surface area contributed by atoms with Crippen LogP contribution in [0.5, 0.6) is 5.75 Å². The summed E-state index contributed by atoms with van der Waals surface area (Å²) in [6.45, 7) is 5.97. The van der Waals surface area contributed by atoms with Crippen LogP contribution in [0.4, 0.5) is 5.69 Å². The van der Waals surface area contributed by atoms with Gasteiger partial charge < -0.3 is 10.0 Å². The number of anilines is 1. The van der Waals surface area contributed by atoms with Gasteiger partial charge in [0.2, 0.25) is 0 Å². The largest absolute Gasteiger partial charge is 0.508 e. The van der Waals surface area contributed by atoms with Crippen LogP contribution in [-0.2, 0) is 0 Å². The van der Waals surface area contributed by atoms with Gasteiger partial charge >= 0.3 is 0 Å². The monoisotopic (exact) mass is 193 g/mol. The quantitative estimate of drug-likeness (QED) is 0.778. The zero-order chi connectivity index (χ0) is 11.0. The van der Waals surface area contributed by atoms with Crippen molar-refractivity contribution >= 4 is 5.69 Å². The van der Waals surface area contributed by atoms with Crippen molar-refractivity contribution in [2.75, 3.05) is 11.9 Å². The maximum absolute atomic E-state index is 9.03. The second-order valence-electron chi connectivity index (χ2n) is 2.61. The summed E-state index contributed by atoms with van der Waals surface area (Å²) in [5.41, 5.74) is 1.06. The minimum Gasteiger partial charge on any atom is -0.508 e. The molecule has 0 fully saturated rings. The predicted octanol–water partition coefficient (Wildman–Crippen LogP) is 3.39. The van der Waals surface area contributed by atoms with Crippen molar-refractivity contribution in [3.8, 4) is 5.75 Å². The molecule has 0 unspecified atom stereocenters. The molecule has 0 aliphatic carbocycles. The van der Waals surface area contributed by atoms with Gasteiger partial charge in [-0.25, -0.2) is 0 Å². The van der Waals surface area contributed by atoms with Crippen molar-refractivity contribution in [2.24, 2.45) is 0 Å². The van der Waals surface area contributed by atoms with Crippen LogP contribution >= 0.6 is 0 Å². The fourth-order valence-electron chi connectivity index (χ4n) is 0.997. The Hall–Kier alpha value is -1.44. The molecule has 0 bridgehead atoms. The molecule has 2 nitrogen and oxygen atoms in total. The molecule has 1 aromatic carbocycles. The van der Waals surface area contributed by atoms with Gasteiger partial charge in [-0.1, -0.05) is 19.9 Å². The molecule has 0 saturated carbocycles. The highest BCUT2D eigenvalue weighted by atomic mass is 16.3. The number of hydrogen-bond donors (Lipinski definition) is 1. The lowest BCUT2D eigenvalue weighted by molar-refractivity contribution is 0.475. The van der Waals surface area contributed by atoms with Crippen LogP contribution in [-0.4, -0.2) is 12.2 Å².